The number of hydrogen-bond acceptors (Lipinski definition) is 3. The Labute approximate surface area is 165 Å². The first-order valence-corrected chi connectivity index (χ1v) is 8.87. The van der Waals surface area contributed by atoms with Gasteiger partial charge in [0.15, 0.2) is 5.96 Å². The Kier molecular flexibility index (Phi) is 9.78. The highest BCUT2D eigenvalue weighted by molar-refractivity contribution is 14.0. The van der Waals surface area contributed by atoms with Crippen LogP contribution in [-0.2, 0) is 13.0 Å². The monoisotopic (exact) mass is 459 g/mol. The van der Waals surface area contributed by atoms with Gasteiger partial charge in [-0.2, -0.15) is 0 Å². The van der Waals surface area contributed by atoms with Crippen LogP contribution in [0.5, 0.6) is 5.75 Å². The van der Waals surface area contributed by atoms with Gasteiger partial charge in [-0.1, -0.05) is 25.1 Å². The summed E-state index contributed by atoms with van der Waals surface area (Å²) >= 11 is 1.81. The minimum absolute atomic E-state index is 0. The van der Waals surface area contributed by atoms with E-state index < -0.39 is 0 Å². The molecule has 6 heteroatoms. The van der Waals surface area contributed by atoms with Gasteiger partial charge in [0.1, 0.15) is 5.75 Å². The van der Waals surface area contributed by atoms with Gasteiger partial charge in [-0.15, -0.1) is 35.3 Å². The third-order valence-electron chi connectivity index (χ3n) is 3.42. The van der Waals surface area contributed by atoms with Crippen LogP contribution in [0.25, 0.3) is 0 Å². The molecule has 0 amide bonds. The van der Waals surface area contributed by atoms with Gasteiger partial charge in [-0.05, 0) is 48.4 Å². The summed E-state index contributed by atoms with van der Waals surface area (Å²) in [5.74, 6) is 1.63. The number of phenols is 1. The van der Waals surface area contributed by atoms with Crippen LogP contribution in [0.15, 0.2) is 46.8 Å². The quantitative estimate of drug-likeness (QED) is 0.333. The van der Waals surface area contributed by atoms with E-state index in [0.29, 0.717) is 12.5 Å². The topological polar surface area (TPSA) is 56.7 Å². The lowest BCUT2D eigenvalue weighted by Gasteiger charge is -2.15. The number of hydrogen-bond donors (Lipinski definition) is 3. The van der Waals surface area contributed by atoms with Crippen LogP contribution in [0.4, 0.5) is 0 Å². The molecule has 3 N–H and O–H groups in total. The Balaban J connectivity index is 0.00000288. The number of benzene rings is 1. The molecule has 0 radical (unpaired) electrons. The van der Waals surface area contributed by atoms with E-state index in [1.807, 2.05) is 23.5 Å². The molecule has 1 aromatic heterocycles. The average Bonchev–Trinajstić information content (AvgIpc) is 3.03. The molecule has 1 atom stereocenters. The van der Waals surface area contributed by atoms with E-state index in [1.165, 1.54) is 4.88 Å². The molecule has 2 aromatic rings. The maximum Gasteiger partial charge on any atom is 0.191 e. The van der Waals surface area contributed by atoms with E-state index in [1.54, 1.807) is 12.1 Å². The van der Waals surface area contributed by atoms with Crippen LogP contribution >= 0.6 is 35.3 Å². The minimum Gasteiger partial charge on any atom is -0.508 e. The second kappa shape index (κ2) is 11.3. The van der Waals surface area contributed by atoms with Crippen molar-refractivity contribution in [3.8, 4) is 5.75 Å². The first-order chi connectivity index (χ1) is 11.2. The van der Waals surface area contributed by atoms with Crippen molar-refractivity contribution in [1.29, 1.82) is 0 Å². The molecule has 1 heterocycles. The number of phenolic OH excluding ortho intramolecular Hbond substituents is 1. The third kappa shape index (κ3) is 7.53. The molecule has 0 saturated carbocycles. The molecule has 1 aromatic carbocycles. The van der Waals surface area contributed by atoms with E-state index in [-0.39, 0.29) is 29.7 Å². The maximum absolute atomic E-state index is 9.50. The van der Waals surface area contributed by atoms with Crippen molar-refractivity contribution in [3.63, 3.8) is 0 Å². The first kappa shape index (κ1) is 20.8. The summed E-state index contributed by atoms with van der Waals surface area (Å²) in [7, 11) is 0. The van der Waals surface area contributed by atoms with Crippen molar-refractivity contribution in [2.75, 3.05) is 13.1 Å². The van der Waals surface area contributed by atoms with Crippen molar-refractivity contribution < 1.29 is 5.11 Å². The van der Waals surface area contributed by atoms with E-state index in [4.69, 9.17) is 0 Å². The number of aromatic hydroxyl groups is 1. The number of rotatable bonds is 7. The van der Waals surface area contributed by atoms with Crippen LogP contribution in [-0.4, -0.2) is 24.2 Å². The summed E-state index contributed by atoms with van der Waals surface area (Å²) in [4.78, 5) is 6.00. The number of guanidine groups is 1. The average molecular weight is 459 g/mol. The summed E-state index contributed by atoms with van der Waals surface area (Å²) in [6, 6.07) is 11.5. The highest BCUT2D eigenvalue weighted by Crippen LogP contribution is 2.14. The Hall–Kier alpha value is -1.28. The van der Waals surface area contributed by atoms with E-state index in [0.717, 1.165) is 31.0 Å². The number of nitrogens with zero attached hydrogens (tertiary/aromatic N) is 1. The molecule has 0 bridgehead atoms. The first-order valence-electron chi connectivity index (χ1n) is 8.00. The highest BCUT2D eigenvalue weighted by Gasteiger charge is 2.06. The zero-order valence-corrected chi connectivity index (χ0v) is 17.3. The smallest absolute Gasteiger partial charge is 0.191 e. The Morgan fingerprint density at radius 3 is 2.75 bits per heavy atom. The van der Waals surface area contributed by atoms with Crippen LogP contribution < -0.4 is 10.6 Å². The molecule has 132 valence electrons. The van der Waals surface area contributed by atoms with E-state index in [9.17, 15) is 5.11 Å². The molecule has 1 unspecified atom stereocenters. The van der Waals surface area contributed by atoms with Gasteiger partial charge in [0, 0.05) is 18.0 Å². The lowest BCUT2D eigenvalue weighted by molar-refractivity contribution is 0.474. The SMILES string of the molecule is CCNC(=NCc1cccc(O)c1)NCC(C)Cc1cccs1.I. The largest absolute Gasteiger partial charge is 0.508 e. The van der Waals surface area contributed by atoms with Gasteiger partial charge in [0.25, 0.3) is 0 Å². The zero-order chi connectivity index (χ0) is 16.5. The summed E-state index contributed by atoms with van der Waals surface area (Å²) in [5, 5.41) is 18.3. The molecule has 0 aliphatic heterocycles. The van der Waals surface area contributed by atoms with E-state index >= 15 is 0 Å². The van der Waals surface area contributed by atoms with Crippen molar-refractivity contribution in [2.45, 2.75) is 26.8 Å². The second-order valence-electron chi connectivity index (χ2n) is 5.63. The predicted octanol–water partition coefficient (Wildman–Crippen LogP) is 4.01. The summed E-state index contributed by atoms with van der Waals surface area (Å²) < 4.78 is 0. The van der Waals surface area contributed by atoms with Gasteiger partial charge in [0.2, 0.25) is 0 Å². The molecule has 24 heavy (non-hydrogen) atoms. The Bertz CT molecular complexity index is 616. The Morgan fingerprint density at radius 2 is 2.08 bits per heavy atom. The molecule has 0 fully saturated rings. The molecule has 0 saturated heterocycles. The van der Waals surface area contributed by atoms with Gasteiger partial charge in [-0.25, -0.2) is 4.99 Å². The van der Waals surface area contributed by atoms with Crippen molar-refractivity contribution >= 4 is 41.3 Å². The normalized spacial score (nSPS) is 12.3. The molecular formula is C18H26IN3OS. The summed E-state index contributed by atoms with van der Waals surface area (Å²) in [6.07, 6.45) is 1.08. The van der Waals surface area contributed by atoms with Crippen LogP contribution in [0.1, 0.15) is 24.3 Å². The van der Waals surface area contributed by atoms with Crippen LogP contribution in [0.3, 0.4) is 0 Å². The molecule has 0 aliphatic carbocycles. The number of nitrogens with one attached hydrogen (secondary N) is 2. The van der Waals surface area contributed by atoms with Crippen molar-refractivity contribution in [2.24, 2.45) is 10.9 Å². The number of thiophene rings is 1. The molecule has 2 rings (SSSR count). The van der Waals surface area contributed by atoms with E-state index in [2.05, 4.69) is 47.0 Å². The summed E-state index contributed by atoms with van der Waals surface area (Å²) in [5.41, 5.74) is 0.994. The lowest BCUT2D eigenvalue weighted by Crippen LogP contribution is -2.39. The number of aliphatic imine (C=N–C) groups is 1. The Morgan fingerprint density at radius 1 is 1.25 bits per heavy atom. The fraction of sp³-hybridized carbons (Fsp3) is 0.389. The van der Waals surface area contributed by atoms with Gasteiger partial charge in [0.05, 0.1) is 6.54 Å². The molecule has 0 aliphatic rings. The van der Waals surface area contributed by atoms with Crippen LogP contribution in [0, 0.1) is 5.92 Å². The van der Waals surface area contributed by atoms with Gasteiger partial charge < -0.3 is 15.7 Å². The second-order valence-corrected chi connectivity index (χ2v) is 6.67. The van der Waals surface area contributed by atoms with Crippen molar-refractivity contribution in [1.82, 2.24) is 10.6 Å². The summed E-state index contributed by atoms with van der Waals surface area (Å²) in [6.45, 7) is 6.55. The number of halogens is 1. The predicted molar refractivity (Wildman–Crippen MR) is 114 cm³/mol. The molecule has 4 nitrogen and oxygen atoms in total. The van der Waals surface area contributed by atoms with Crippen LogP contribution in [0.2, 0.25) is 0 Å². The molecule has 0 spiro atoms. The third-order valence-corrected chi connectivity index (χ3v) is 4.32. The lowest BCUT2D eigenvalue weighted by atomic mass is 10.1. The van der Waals surface area contributed by atoms with Crippen molar-refractivity contribution in [3.05, 3.63) is 52.2 Å². The fourth-order valence-corrected chi connectivity index (χ4v) is 3.15. The fourth-order valence-electron chi connectivity index (χ4n) is 2.28. The zero-order valence-electron chi connectivity index (χ0n) is 14.2. The highest BCUT2D eigenvalue weighted by atomic mass is 127. The molecular weight excluding hydrogens is 433 g/mol. The standard InChI is InChI=1S/C18H25N3OS.HI/c1-3-19-18(21-13-15-6-4-7-16(22)11-15)20-12-14(2)10-17-8-5-9-23-17;/h4-9,11,14,22H,3,10,12-13H2,1-2H3,(H2,19,20,21);1H. The van der Waals surface area contributed by atoms with Gasteiger partial charge >= 0.3 is 0 Å². The van der Waals surface area contributed by atoms with Gasteiger partial charge in [-0.3, -0.25) is 0 Å². The maximum atomic E-state index is 9.50. The minimum atomic E-state index is 0.